The van der Waals surface area contributed by atoms with Gasteiger partial charge in [-0.1, -0.05) is 37.3 Å². The highest BCUT2D eigenvalue weighted by Crippen LogP contribution is 2.06. The summed E-state index contributed by atoms with van der Waals surface area (Å²) in [5.74, 6) is 5.54. The maximum absolute atomic E-state index is 8.60. The summed E-state index contributed by atoms with van der Waals surface area (Å²) in [6.07, 6.45) is 2.48. The van der Waals surface area contributed by atoms with Crippen molar-refractivity contribution in [2.45, 2.75) is 26.3 Å². The molecule has 0 heterocycles. The molecule has 17 heavy (non-hydrogen) atoms. The van der Waals surface area contributed by atoms with Crippen molar-refractivity contribution in [3.63, 3.8) is 0 Å². The fraction of sp³-hybridized carbons (Fsp3) is 0.467. The van der Waals surface area contributed by atoms with Crippen LogP contribution in [0.15, 0.2) is 24.3 Å². The van der Waals surface area contributed by atoms with E-state index in [0.29, 0.717) is 0 Å². The third kappa shape index (κ3) is 5.53. The Hall–Kier alpha value is -1.30. The van der Waals surface area contributed by atoms with Crippen molar-refractivity contribution in [2.75, 3.05) is 20.2 Å². The molecule has 0 amide bonds. The lowest BCUT2D eigenvalue weighted by Gasteiger charge is -2.15. The van der Waals surface area contributed by atoms with Gasteiger partial charge < -0.3 is 10.0 Å². The quantitative estimate of drug-likeness (QED) is 0.786. The first-order valence-electron chi connectivity index (χ1n) is 6.13. The van der Waals surface area contributed by atoms with Crippen LogP contribution in [0, 0.1) is 11.8 Å². The normalized spacial score (nSPS) is 10.1. The molecule has 0 fully saturated rings. The summed E-state index contributed by atoms with van der Waals surface area (Å²) in [6.45, 7) is 4.25. The van der Waals surface area contributed by atoms with Gasteiger partial charge in [0.25, 0.3) is 0 Å². The largest absolute Gasteiger partial charge is 0.384 e. The summed E-state index contributed by atoms with van der Waals surface area (Å²) in [4.78, 5) is 2.33. The van der Waals surface area contributed by atoms with Gasteiger partial charge in [0.05, 0.1) is 0 Å². The number of unbranched alkanes of at least 4 members (excludes halogenated alkanes) is 1. The van der Waals surface area contributed by atoms with Crippen molar-refractivity contribution in [3.8, 4) is 11.8 Å². The van der Waals surface area contributed by atoms with Gasteiger partial charge in [0, 0.05) is 12.1 Å². The molecular weight excluding hydrogens is 210 g/mol. The number of aliphatic hydroxyl groups excluding tert-OH is 1. The molecule has 0 aliphatic heterocycles. The highest BCUT2D eigenvalue weighted by molar-refractivity contribution is 5.36. The first-order chi connectivity index (χ1) is 8.26. The molecule has 0 aromatic heterocycles. The Balaban J connectivity index is 2.50. The fourth-order valence-corrected chi connectivity index (χ4v) is 1.65. The van der Waals surface area contributed by atoms with Crippen LogP contribution < -0.4 is 0 Å². The van der Waals surface area contributed by atoms with E-state index in [0.717, 1.165) is 18.7 Å². The Bertz CT molecular complexity index is 372. The molecule has 0 aliphatic carbocycles. The molecule has 0 bridgehead atoms. The molecular formula is C15H21NO. The first-order valence-corrected chi connectivity index (χ1v) is 6.13. The summed E-state index contributed by atoms with van der Waals surface area (Å²) in [5, 5.41) is 8.60. The smallest absolute Gasteiger partial charge is 0.104 e. The summed E-state index contributed by atoms with van der Waals surface area (Å²) in [6, 6.07) is 8.21. The van der Waals surface area contributed by atoms with Crippen LogP contribution in [0.4, 0.5) is 0 Å². The highest BCUT2D eigenvalue weighted by atomic mass is 16.2. The molecule has 1 aromatic rings. The van der Waals surface area contributed by atoms with E-state index in [1.807, 2.05) is 12.1 Å². The molecule has 1 N–H and O–H groups in total. The average molecular weight is 231 g/mol. The van der Waals surface area contributed by atoms with Gasteiger partial charge in [0.2, 0.25) is 0 Å². The predicted molar refractivity (Wildman–Crippen MR) is 71.6 cm³/mol. The van der Waals surface area contributed by atoms with Crippen LogP contribution in [0.3, 0.4) is 0 Å². The van der Waals surface area contributed by atoms with E-state index in [1.165, 1.54) is 18.4 Å². The standard InChI is InChI=1S/C15H21NO/c1-3-4-11-16(2)13-15-9-7-14(8-10-15)6-5-12-17/h7-10,17H,3-4,11-13H2,1-2H3. The van der Waals surface area contributed by atoms with Crippen molar-refractivity contribution < 1.29 is 5.11 Å². The van der Waals surface area contributed by atoms with Crippen molar-refractivity contribution in [2.24, 2.45) is 0 Å². The number of nitrogens with zero attached hydrogens (tertiary/aromatic N) is 1. The molecule has 0 spiro atoms. The molecule has 2 nitrogen and oxygen atoms in total. The summed E-state index contributed by atoms with van der Waals surface area (Å²) >= 11 is 0. The molecule has 1 rings (SSSR count). The number of aliphatic hydroxyl groups is 1. The number of hydrogen-bond donors (Lipinski definition) is 1. The van der Waals surface area contributed by atoms with E-state index >= 15 is 0 Å². The predicted octanol–water partition coefficient (Wildman–Crippen LogP) is 2.26. The molecule has 0 saturated heterocycles. The van der Waals surface area contributed by atoms with Gasteiger partial charge in [-0.3, -0.25) is 0 Å². The SMILES string of the molecule is CCCCN(C)Cc1ccc(C#CCO)cc1. The summed E-state index contributed by atoms with van der Waals surface area (Å²) < 4.78 is 0. The number of benzene rings is 1. The Kier molecular flexibility index (Phi) is 6.39. The Morgan fingerprint density at radius 3 is 2.53 bits per heavy atom. The number of rotatable bonds is 5. The summed E-state index contributed by atoms with van der Waals surface area (Å²) in [7, 11) is 2.15. The minimum atomic E-state index is -0.0818. The molecule has 0 saturated carbocycles. The lowest BCUT2D eigenvalue weighted by Crippen LogP contribution is -2.18. The maximum Gasteiger partial charge on any atom is 0.104 e. The van der Waals surface area contributed by atoms with Crippen LogP contribution in [0.5, 0.6) is 0 Å². The van der Waals surface area contributed by atoms with Crippen LogP contribution in [0.1, 0.15) is 30.9 Å². The van der Waals surface area contributed by atoms with Crippen molar-refractivity contribution >= 4 is 0 Å². The zero-order valence-electron chi connectivity index (χ0n) is 10.7. The first kappa shape index (κ1) is 13.8. The molecule has 0 radical (unpaired) electrons. The highest BCUT2D eigenvalue weighted by Gasteiger charge is 1.99. The minimum Gasteiger partial charge on any atom is -0.384 e. The van der Waals surface area contributed by atoms with Gasteiger partial charge in [-0.25, -0.2) is 0 Å². The van der Waals surface area contributed by atoms with Gasteiger partial charge in [-0.15, -0.1) is 0 Å². The second kappa shape index (κ2) is 7.89. The summed E-state index contributed by atoms with van der Waals surface area (Å²) in [5.41, 5.74) is 2.26. The molecule has 0 aliphatic rings. The Morgan fingerprint density at radius 1 is 1.24 bits per heavy atom. The Morgan fingerprint density at radius 2 is 1.94 bits per heavy atom. The second-order valence-corrected chi connectivity index (χ2v) is 4.25. The molecule has 92 valence electrons. The van der Waals surface area contributed by atoms with Crippen molar-refractivity contribution in [1.29, 1.82) is 0 Å². The lowest BCUT2D eigenvalue weighted by atomic mass is 10.1. The van der Waals surface area contributed by atoms with Crippen LogP contribution in [0.25, 0.3) is 0 Å². The van der Waals surface area contributed by atoms with Gasteiger partial charge >= 0.3 is 0 Å². The average Bonchev–Trinajstić information content (AvgIpc) is 2.35. The van der Waals surface area contributed by atoms with E-state index < -0.39 is 0 Å². The van der Waals surface area contributed by atoms with E-state index in [1.54, 1.807) is 0 Å². The fourth-order valence-electron chi connectivity index (χ4n) is 1.65. The van der Waals surface area contributed by atoms with E-state index in [4.69, 9.17) is 5.11 Å². The van der Waals surface area contributed by atoms with Crippen molar-refractivity contribution in [3.05, 3.63) is 35.4 Å². The second-order valence-electron chi connectivity index (χ2n) is 4.25. The number of hydrogen-bond acceptors (Lipinski definition) is 2. The van der Waals surface area contributed by atoms with Gasteiger partial charge in [0.15, 0.2) is 0 Å². The Labute approximate surface area is 104 Å². The van der Waals surface area contributed by atoms with E-state index in [9.17, 15) is 0 Å². The third-order valence-corrected chi connectivity index (χ3v) is 2.61. The van der Waals surface area contributed by atoms with E-state index in [2.05, 4.69) is 42.8 Å². The third-order valence-electron chi connectivity index (χ3n) is 2.61. The van der Waals surface area contributed by atoms with Crippen LogP contribution in [0.2, 0.25) is 0 Å². The van der Waals surface area contributed by atoms with Crippen LogP contribution in [-0.2, 0) is 6.54 Å². The molecule has 1 aromatic carbocycles. The molecule has 0 unspecified atom stereocenters. The van der Waals surface area contributed by atoms with Crippen molar-refractivity contribution in [1.82, 2.24) is 4.90 Å². The zero-order valence-corrected chi connectivity index (χ0v) is 10.7. The zero-order chi connectivity index (χ0) is 12.5. The van der Waals surface area contributed by atoms with Crippen LogP contribution >= 0.6 is 0 Å². The lowest BCUT2D eigenvalue weighted by molar-refractivity contribution is 0.321. The van der Waals surface area contributed by atoms with Gasteiger partial charge in [-0.05, 0) is 37.7 Å². The monoisotopic (exact) mass is 231 g/mol. The molecule has 2 heteroatoms. The van der Waals surface area contributed by atoms with Gasteiger partial charge in [-0.2, -0.15) is 0 Å². The topological polar surface area (TPSA) is 23.5 Å². The van der Waals surface area contributed by atoms with E-state index in [-0.39, 0.29) is 6.61 Å². The molecule has 0 atom stereocenters. The maximum atomic E-state index is 8.60. The van der Waals surface area contributed by atoms with Gasteiger partial charge in [0.1, 0.15) is 6.61 Å². The minimum absolute atomic E-state index is 0.0818. The van der Waals surface area contributed by atoms with Crippen LogP contribution in [-0.4, -0.2) is 30.2 Å².